The molecule has 3 N–H and O–H groups in total. The molecule has 0 saturated carbocycles. The van der Waals surface area contributed by atoms with Crippen molar-refractivity contribution in [1.82, 2.24) is 5.32 Å². The van der Waals surface area contributed by atoms with Crippen molar-refractivity contribution in [2.45, 2.75) is 26.6 Å². The average Bonchev–Trinajstić information content (AvgIpc) is 2.79. The molecule has 0 bridgehead atoms. The lowest BCUT2D eigenvalue weighted by Crippen LogP contribution is -2.80. The highest BCUT2D eigenvalue weighted by atomic mass is 16.5. The Morgan fingerprint density at radius 2 is 1.47 bits per heavy atom. The zero-order chi connectivity index (χ0) is 21.0. The van der Waals surface area contributed by atoms with E-state index in [-0.39, 0.29) is 12.5 Å². The van der Waals surface area contributed by atoms with E-state index in [2.05, 4.69) is 34.9 Å². The summed E-state index contributed by atoms with van der Waals surface area (Å²) in [6.45, 7) is 4.67. The highest BCUT2D eigenvalue weighted by Crippen LogP contribution is 2.28. The van der Waals surface area contributed by atoms with Crippen LogP contribution in [0.4, 0.5) is 0 Å². The fourth-order valence-corrected chi connectivity index (χ4v) is 3.08. The number of hydrogen-bond donors (Lipinski definition) is 2. The molecule has 0 aromatic heterocycles. The third-order valence-electron chi connectivity index (χ3n) is 4.60. The molecule has 0 radical (unpaired) electrons. The van der Waals surface area contributed by atoms with Gasteiger partial charge < -0.3 is 20.1 Å². The van der Waals surface area contributed by atoms with Gasteiger partial charge in [-0.1, -0.05) is 60.7 Å². The van der Waals surface area contributed by atoms with Crippen LogP contribution in [0.3, 0.4) is 0 Å². The van der Waals surface area contributed by atoms with Crippen molar-refractivity contribution in [2.75, 3.05) is 13.2 Å². The number of nitrogens with two attached hydrogens (primary N) is 1. The first kappa shape index (κ1) is 21.4. The summed E-state index contributed by atoms with van der Waals surface area (Å²) in [6.07, 6.45) is 0. The van der Waals surface area contributed by atoms with Gasteiger partial charge in [0.05, 0.1) is 6.61 Å². The quantitative estimate of drug-likeness (QED) is 0.515. The van der Waals surface area contributed by atoms with Gasteiger partial charge in [0.2, 0.25) is 0 Å². The normalized spacial score (nSPS) is 10.4. The Labute approximate surface area is 178 Å². The Balaban J connectivity index is 1.50. The SMILES string of the molecule is CCOc1cc(C[NH2+]Cc2ccccc2)ccc1OCC(=O)NCc1ccccc1. The van der Waals surface area contributed by atoms with Crippen molar-refractivity contribution in [3.63, 3.8) is 0 Å². The first-order valence-electron chi connectivity index (χ1n) is 10.3. The molecule has 0 unspecified atom stereocenters. The van der Waals surface area contributed by atoms with Crippen LogP contribution in [0, 0.1) is 0 Å². The number of hydrogen-bond acceptors (Lipinski definition) is 3. The monoisotopic (exact) mass is 405 g/mol. The Kier molecular flexibility index (Phi) is 8.30. The highest BCUT2D eigenvalue weighted by molar-refractivity contribution is 5.77. The summed E-state index contributed by atoms with van der Waals surface area (Å²) in [5.74, 6) is 1.08. The predicted molar refractivity (Wildman–Crippen MR) is 117 cm³/mol. The van der Waals surface area contributed by atoms with Crippen molar-refractivity contribution in [1.29, 1.82) is 0 Å². The standard InChI is InChI=1S/C25H28N2O3/c1-2-29-24-15-22(17-26-16-20-9-5-3-6-10-20)13-14-23(24)30-19-25(28)27-18-21-11-7-4-8-12-21/h3-15,26H,2,16-19H2,1H3,(H,27,28)/p+1. The molecule has 156 valence electrons. The third-order valence-corrected chi connectivity index (χ3v) is 4.60. The summed E-state index contributed by atoms with van der Waals surface area (Å²) in [5.41, 5.74) is 3.50. The minimum absolute atomic E-state index is 0.0492. The molecule has 0 spiro atoms. The maximum absolute atomic E-state index is 12.1. The van der Waals surface area contributed by atoms with E-state index in [1.165, 1.54) is 5.56 Å². The first-order valence-corrected chi connectivity index (χ1v) is 10.3. The molecule has 3 aromatic rings. The van der Waals surface area contributed by atoms with Gasteiger partial charge in [-0.25, -0.2) is 0 Å². The van der Waals surface area contributed by atoms with Crippen molar-refractivity contribution >= 4 is 5.91 Å². The smallest absolute Gasteiger partial charge is 0.258 e. The maximum Gasteiger partial charge on any atom is 0.258 e. The van der Waals surface area contributed by atoms with Crippen LogP contribution in [0.1, 0.15) is 23.6 Å². The number of benzene rings is 3. The molecule has 0 aliphatic rings. The van der Waals surface area contributed by atoms with Crippen LogP contribution in [0.2, 0.25) is 0 Å². The van der Waals surface area contributed by atoms with Gasteiger partial charge in [0.15, 0.2) is 18.1 Å². The number of amides is 1. The van der Waals surface area contributed by atoms with Crippen molar-refractivity contribution in [3.05, 3.63) is 95.6 Å². The lowest BCUT2D eigenvalue weighted by molar-refractivity contribution is -0.686. The second-order valence-corrected chi connectivity index (χ2v) is 6.95. The van der Waals surface area contributed by atoms with Crippen LogP contribution in [0.15, 0.2) is 78.9 Å². The van der Waals surface area contributed by atoms with E-state index in [0.29, 0.717) is 24.7 Å². The fraction of sp³-hybridized carbons (Fsp3) is 0.240. The van der Waals surface area contributed by atoms with Gasteiger partial charge in [-0.2, -0.15) is 0 Å². The van der Waals surface area contributed by atoms with Crippen LogP contribution in [0.25, 0.3) is 0 Å². The van der Waals surface area contributed by atoms with Crippen LogP contribution < -0.4 is 20.1 Å². The summed E-state index contributed by atoms with van der Waals surface area (Å²) >= 11 is 0. The lowest BCUT2D eigenvalue weighted by Gasteiger charge is -2.13. The van der Waals surface area contributed by atoms with Gasteiger partial charge in [0, 0.05) is 17.7 Å². The van der Waals surface area contributed by atoms with E-state index in [4.69, 9.17) is 9.47 Å². The molecule has 0 heterocycles. The van der Waals surface area contributed by atoms with Crippen LogP contribution in [-0.4, -0.2) is 19.1 Å². The van der Waals surface area contributed by atoms with E-state index in [1.54, 1.807) is 0 Å². The molecule has 0 saturated heterocycles. The molecule has 1 amide bonds. The molecule has 3 rings (SSSR count). The second-order valence-electron chi connectivity index (χ2n) is 6.95. The van der Waals surface area contributed by atoms with Crippen molar-refractivity contribution in [2.24, 2.45) is 0 Å². The van der Waals surface area contributed by atoms with E-state index >= 15 is 0 Å². The molecule has 5 heteroatoms. The molecule has 0 atom stereocenters. The highest BCUT2D eigenvalue weighted by Gasteiger charge is 2.10. The number of ether oxygens (including phenoxy) is 2. The Morgan fingerprint density at radius 3 is 2.17 bits per heavy atom. The largest absolute Gasteiger partial charge is 0.490 e. The van der Waals surface area contributed by atoms with Gasteiger partial charge >= 0.3 is 0 Å². The average molecular weight is 406 g/mol. The number of carbonyl (C=O) groups excluding carboxylic acids is 1. The molecular weight excluding hydrogens is 376 g/mol. The molecule has 0 fully saturated rings. The van der Waals surface area contributed by atoms with Gasteiger partial charge in [0.25, 0.3) is 5.91 Å². The molecular formula is C25H29N2O3+. The zero-order valence-electron chi connectivity index (χ0n) is 17.3. The maximum atomic E-state index is 12.1. The van der Waals surface area contributed by atoms with Gasteiger partial charge in [-0.05, 0) is 30.7 Å². The minimum Gasteiger partial charge on any atom is -0.490 e. The predicted octanol–water partition coefficient (Wildman–Crippen LogP) is 3.04. The van der Waals surface area contributed by atoms with Gasteiger partial charge in [-0.15, -0.1) is 0 Å². The van der Waals surface area contributed by atoms with Crippen LogP contribution in [0.5, 0.6) is 11.5 Å². The Bertz CT molecular complexity index is 914. The molecule has 0 aliphatic heterocycles. The molecule has 0 aliphatic carbocycles. The number of carbonyl (C=O) groups is 1. The van der Waals surface area contributed by atoms with E-state index in [9.17, 15) is 4.79 Å². The summed E-state index contributed by atoms with van der Waals surface area (Å²) in [6, 6.07) is 26.1. The van der Waals surface area contributed by atoms with E-state index in [1.807, 2.05) is 61.5 Å². The number of quaternary nitrogens is 1. The third kappa shape index (κ3) is 6.94. The first-order chi connectivity index (χ1) is 14.7. The summed E-state index contributed by atoms with van der Waals surface area (Å²) in [5, 5.41) is 5.11. The van der Waals surface area contributed by atoms with Crippen LogP contribution >= 0.6 is 0 Å². The molecule has 5 nitrogen and oxygen atoms in total. The number of nitrogens with one attached hydrogen (secondary N) is 1. The van der Waals surface area contributed by atoms with Gasteiger partial charge in [-0.3, -0.25) is 4.79 Å². The van der Waals surface area contributed by atoms with Crippen molar-refractivity contribution in [3.8, 4) is 11.5 Å². The van der Waals surface area contributed by atoms with E-state index < -0.39 is 0 Å². The fourth-order valence-electron chi connectivity index (χ4n) is 3.08. The summed E-state index contributed by atoms with van der Waals surface area (Å²) in [7, 11) is 0. The Morgan fingerprint density at radius 1 is 0.800 bits per heavy atom. The minimum atomic E-state index is -0.165. The molecule has 3 aromatic carbocycles. The topological polar surface area (TPSA) is 64.2 Å². The van der Waals surface area contributed by atoms with Gasteiger partial charge in [0.1, 0.15) is 13.1 Å². The second kappa shape index (κ2) is 11.6. The lowest BCUT2D eigenvalue weighted by atomic mass is 10.2. The summed E-state index contributed by atoms with van der Waals surface area (Å²) < 4.78 is 11.5. The Hall–Kier alpha value is -3.31. The van der Waals surface area contributed by atoms with Crippen molar-refractivity contribution < 1.29 is 19.6 Å². The van der Waals surface area contributed by atoms with E-state index in [0.717, 1.165) is 24.2 Å². The number of rotatable bonds is 11. The zero-order valence-corrected chi connectivity index (χ0v) is 17.3. The summed E-state index contributed by atoms with van der Waals surface area (Å²) in [4.78, 5) is 12.1. The molecule has 30 heavy (non-hydrogen) atoms. The van der Waals surface area contributed by atoms with Crippen LogP contribution in [-0.2, 0) is 24.4 Å².